The van der Waals surface area contributed by atoms with Gasteiger partial charge in [-0.15, -0.1) is 0 Å². The number of primary amides is 1. The third-order valence-corrected chi connectivity index (χ3v) is 4.62. The molecule has 3 aromatic carbocycles. The quantitative estimate of drug-likeness (QED) is 0.743. The van der Waals surface area contributed by atoms with Crippen molar-refractivity contribution in [2.75, 3.05) is 7.05 Å². The van der Waals surface area contributed by atoms with Crippen LogP contribution in [0.1, 0.15) is 22.3 Å². The van der Waals surface area contributed by atoms with E-state index in [0.717, 1.165) is 16.3 Å². The number of hydrogen-bond donors (Lipinski definition) is 1. The molecule has 26 heavy (non-hydrogen) atoms. The van der Waals surface area contributed by atoms with Crippen LogP contribution in [0.3, 0.4) is 0 Å². The van der Waals surface area contributed by atoms with Crippen LogP contribution in [0.4, 0.5) is 0 Å². The molecular formula is C22H22N2O2. The second-order valence-corrected chi connectivity index (χ2v) is 6.49. The number of benzene rings is 3. The summed E-state index contributed by atoms with van der Waals surface area (Å²) in [6.45, 7) is 0. The van der Waals surface area contributed by atoms with Crippen LogP contribution in [0.5, 0.6) is 0 Å². The number of carbonyl (C=O) groups excluding carboxylic acids is 2. The van der Waals surface area contributed by atoms with Crippen LogP contribution in [-0.2, 0) is 11.2 Å². The molecule has 3 rings (SSSR count). The lowest BCUT2D eigenvalue weighted by molar-refractivity contribution is -0.118. The van der Waals surface area contributed by atoms with E-state index in [2.05, 4.69) is 0 Å². The first-order valence-corrected chi connectivity index (χ1v) is 8.63. The minimum absolute atomic E-state index is 0.113. The Labute approximate surface area is 153 Å². The lowest BCUT2D eigenvalue weighted by Crippen LogP contribution is -2.41. The fraction of sp³-hybridized carbons (Fsp3) is 0.182. The zero-order valence-electron chi connectivity index (χ0n) is 14.8. The lowest BCUT2D eigenvalue weighted by atomic mass is 10.0. The second-order valence-electron chi connectivity index (χ2n) is 6.49. The fourth-order valence-electron chi connectivity index (χ4n) is 3.16. The third-order valence-electron chi connectivity index (χ3n) is 4.62. The van der Waals surface area contributed by atoms with Gasteiger partial charge in [-0.3, -0.25) is 9.59 Å². The Balaban J connectivity index is 1.85. The molecule has 0 saturated carbocycles. The number of amides is 2. The number of fused-ring (bicyclic) bond motifs is 1. The van der Waals surface area contributed by atoms with Gasteiger partial charge in [0, 0.05) is 25.1 Å². The van der Waals surface area contributed by atoms with Crippen molar-refractivity contribution >= 4 is 22.6 Å². The van der Waals surface area contributed by atoms with E-state index in [-0.39, 0.29) is 18.4 Å². The molecular weight excluding hydrogens is 324 g/mol. The normalized spacial score (nSPS) is 11.9. The van der Waals surface area contributed by atoms with Crippen molar-refractivity contribution in [2.24, 2.45) is 5.73 Å². The van der Waals surface area contributed by atoms with Crippen molar-refractivity contribution in [2.45, 2.75) is 18.9 Å². The highest BCUT2D eigenvalue weighted by Gasteiger charge is 2.23. The Hall–Kier alpha value is -3.14. The van der Waals surface area contributed by atoms with E-state index in [1.54, 1.807) is 11.9 Å². The number of hydrogen-bond acceptors (Lipinski definition) is 2. The summed E-state index contributed by atoms with van der Waals surface area (Å²) in [5.41, 5.74) is 7.09. The second kappa shape index (κ2) is 7.83. The number of carbonyl (C=O) groups is 2. The zero-order valence-corrected chi connectivity index (χ0v) is 14.8. The summed E-state index contributed by atoms with van der Waals surface area (Å²) < 4.78 is 0. The van der Waals surface area contributed by atoms with Crippen LogP contribution in [0.15, 0.2) is 72.8 Å². The van der Waals surface area contributed by atoms with Gasteiger partial charge in [0.25, 0.3) is 5.91 Å². The molecule has 0 unspecified atom stereocenters. The molecule has 0 fully saturated rings. The molecule has 0 aliphatic carbocycles. The lowest BCUT2D eigenvalue weighted by Gasteiger charge is -2.28. The molecule has 0 bridgehead atoms. The zero-order chi connectivity index (χ0) is 18.5. The van der Waals surface area contributed by atoms with E-state index in [0.29, 0.717) is 12.0 Å². The summed E-state index contributed by atoms with van der Waals surface area (Å²) in [4.78, 5) is 26.1. The third kappa shape index (κ3) is 4.09. The molecule has 2 amide bonds. The maximum Gasteiger partial charge on any atom is 0.253 e. The Kier molecular flexibility index (Phi) is 5.32. The molecule has 132 valence electrons. The van der Waals surface area contributed by atoms with Gasteiger partial charge >= 0.3 is 0 Å². The molecule has 0 aliphatic heterocycles. The summed E-state index contributed by atoms with van der Waals surface area (Å²) in [5, 5.41) is 2.10. The molecule has 0 saturated heterocycles. The molecule has 0 spiro atoms. The van der Waals surface area contributed by atoms with Crippen molar-refractivity contribution in [1.82, 2.24) is 4.90 Å². The van der Waals surface area contributed by atoms with Crippen molar-refractivity contribution < 1.29 is 9.59 Å². The average Bonchev–Trinajstić information content (AvgIpc) is 2.66. The SMILES string of the molecule is CN(C(=O)c1ccc2ccccc2c1)[C@H](CC(N)=O)Cc1ccccc1. The van der Waals surface area contributed by atoms with Crippen LogP contribution in [0, 0.1) is 0 Å². The summed E-state index contributed by atoms with van der Waals surface area (Å²) >= 11 is 0. The molecule has 0 aliphatic rings. The number of rotatable bonds is 6. The van der Waals surface area contributed by atoms with Crippen molar-refractivity contribution in [3.05, 3.63) is 83.9 Å². The first-order chi connectivity index (χ1) is 12.5. The Morgan fingerprint density at radius 2 is 1.58 bits per heavy atom. The van der Waals surface area contributed by atoms with E-state index in [9.17, 15) is 9.59 Å². The van der Waals surface area contributed by atoms with E-state index >= 15 is 0 Å². The smallest absolute Gasteiger partial charge is 0.253 e. The summed E-state index contributed by atoms with van der Waals surface area (Å²) in [6, 6.07) is 23.1. The van der Waals surface area contributed by atoms with Crippen LogP contribution in [-0.4, -0.2) is 29.8 Å². The highest BCUT2D eigenvalue weighted by molar-refractivity contribution is 5.98. The fourth-order valence-corrected chi connectivity index (χ4v) is 3.16. The minimum atomic E-state index is -0.413. The van der Waals surface area contributed by atoms with Gasteiger partial charge in [-0.05, 0) is 34.9 Å². The van der Waals surface area contributed by atoms with Gasteiger partial charge in [0.2, 0.25) is 5.91 Å². The van der Waals surface area contributed by atoms with Gasteiger partial charge in [0.05, 0.1) is 0 Å². The minimum Gasteiger partial charge on any atom is -0.370 e. The van der Waals surface area contributed by atoms with E-state index in [1.807, 2.05) is 72.8 Å². The molecule has 4 heteroatoms. The Bertz CT molecular complexity index is 922. The van der Waals surface area contributed by atoms with E-state index in [4.69, 9.17) is 5.73 Å². The number of likely N-dealkylation sites (N-methyl/N-ethyl adjacent to an activating group) is 1. The molecule has 4 nitrogen and oxygen atoms in total. The van der Waals surface area contributed by atoms with Crippen molar-refractivity contribution in [3.63, 3.8) is 0 Å². The monoisotopic (exact) mass is 346 g/mol. The number of nitrogens with two attached hydrogens (primary N) is 1. The van der Waals surface area contributed by atoms with Crippen molar-refractivity contribution in [1.29, 1.82) is 0 Å². The van der Waals surface area contributed by atoms with E-state index in [1.165, 1.54) is 0 Å². The molecule has 0 heterocycles. The first kappa shape index (κ1) is 17.7. The Morgan fingerprint density at radius 1 is 0.923 bits per heavy atom. The van der Waals surface area contributed by atoms with Crippen molar-refractivity contribution in [3.8, 4) is 0 Å². The van der Waals surface area contributed by atoms with Gasteiger partial charge in [0.15, 0.2) is 0 Å². The first-order valence-electron chi connectivity index (χ1n) is 8.63. The average molecular weight is 346 g/mol. The summed E-state index contributed by atoms with van der Waals surface area (Å²) in [6.07, 6.45) is 0.713. The van der Waals surface area contributed by atoms with Crippen LogP contribution >= 0.6 is 0 Å². The number of nitrogens with zero attached hydrogens (tertiary/aromatic N) is 1. The molecule has 3 aromatic rings. The summed E-state index contributed by atoms with van der Waals surface area (Å²) in [7, 11) is 1.73. The maximum absolute atomic E-state index is 13.0. The predicted octanol–water partition coefficient (Wildman–Crippen LogP) is 3.40. The van der Waals surface area contributed by atoms with Gasteiger partial charge in [-0.2, -0.15) is 0 Å². The van der Waals surface area contributed by atoms with Crippen LogP contribution in [0.2, 0.25) is 0 Å². The largest absolute Gasteiger partial charge is 0.370 e. The molecule has 0 aromatic heterocycles. The molecule has 1 atom stereocenters. The Morgan fingerprint density at radius 3 is 2.27 bits per heavy atom. The van der Waals surface area contributed by atoms with Gasteiger partial charge < -0.3 is 10.6 Å². The van der Waals surface area contributed by atoms with Gasteiger partial charge in [-0.1, -0.05) is 60.7 Å². The van der Waals surface area contributed by atoms with Gasteiger partial charge in [0.1, 0.15) is 0 Å². The van der Waals surface area contributed by atoms with Crippen LogP contribution < -0.4 is 5.73 Å². The molecule has 2 N–H and O–H groups in total. The topological polar surface area (TPSA) is 63.4 Å². The standard InChI is InChI=1S/C22H22N2O2/c1-24(20(15-21(23)25)13-16-7-3-2-4-8-16)22(26)19-12-11-17-9-5-6-10-18(17)14-19/h2-12,14,20H,13,15H2,1H3,(H2,23,25)/t20-/m0/s1. The molecule has 0 radical (unpaired) electrons. The van der Waals surface area contributed by atoms with E-state index < -0.39 is 5.91 Å². The highest BCUT2D eigenvalue weighted by Crippen LogP contribution is 2.19. The van der Waals surface area contributed by atoms with Crippen LogP contribution in [0.25, 0.3) is 10.8 Å². The highest BCUT2D eigenvalue weighted by atomic mass is 16.2. The summed E-state index contributed by atoms with van der Waals surface area (Å²) in [5.74, 6) is -0.526. The van der Waals surface area contributed by atoms with Gasteiger partial charge in [-0.25, -0.2) is 0 Å². The predicted molar refractivity (Wildman–Crippen MR) is 104 cm³/mol. The maximum atomic E-state index is 13.0.